The highest BCUT2D eigenvalue weighted by Gasteiger charge is 2.64. The smallest absolute Gasteiger partial charge is 0.305 e. The largest absolute Gasteiger partial charge is 0.504 e. The van der Waals surface area contributed by atoms with Crippen LogP contribution in [0.2, 0.25) is 0 Å². The van der Waals surface area contributed by atoms with Crippen LogP contribution in [0.25, 0.3) is 0 Å². The Labute approximate surface area is 216 Å². The van der Waals surface area contributed by atoms with E-state index in [2.05, 4.69) is 42.3 Å². The fourth-order valence-corrected chi connectivity index (χ4v) is 7.63. The van der Waals surface area contributed by atoms with Gasteiger partial charge in [0.15, 0.2) is 11.5 Å². The molecular weight excluding hydrogens is 474 g/mol. The van der Waals surface area contributed by atoms with E-state index >= 15 is 0 Å². The molecule has 7 heteroatoms. The maximum absolute atomic E-state index is 12.7. The zero-order valence-electron chi connectivity index (χ0n) is 20.8. The second-order valence-corrected chi connectivity index (χ2v) is 11.5. The number of piperidine rings is 1. The zero-order valence-corrected chi connectivity index (χ0v) is 21.6. The van der Waals surface area contributed by atoms with Gasteiger partial charge >= 0.3 is 11.4 Å². The van der Waals surface area contributed by atoms with Gasteiger partial charge in [-0.15, -0.1) is 0 Å². The van der Waals surface area contributed by atoms with Gasteiger partial charge in [-0.3, -0.25) is 8.37 Å². The molecule has 36 heavy (non-hydrogen) atoms. The number of ether oxygens (including phenoxy) is 1. The molecule has 0 aromatic heterocycles. The lowest BCUT2D eigenvalue weighted by Gasteiger charge is -2.56. The molecule has 1 spiro atoms. The maximum Gasteiger partial charge on any atom is 0.305 e. The van der Waals surface area contributed by atoms with Crippen LogP contribution in [0.15, 0.2) is 54.6 Å². The maximum atomic E-state index is 12.7. The van der Waals surface area contributed by atoms with Gasteiger partial charge in [0, 0.05) is 22.9 Å². The first kappa shape index (κ1) is 24.2. The summed E-state index contributed by atoms with van der Waals surface area (Å²) in [6.07, 6.45) is 10.5. The molecule has 2 aromatic carbocycles. The van der Waals surface area contributed by atoms with E-state index in [0.29, 0.717) is 18.4 Å². The van der Waals surface area contributed by atoms with E-state index in [1.807, 2.05) is 18.2 Å². The number of likely N-dealkylation sites (tertiary alicyclic amines) is 1. The van der Waals surface area contributed by atoms with Gasteiger partial charge in [-0.25, -0.2) is 0 Å². The van der Waals surface area contributed by atoms with E-state index in [-0.39, 0.29) is 23.2 Å². The monoisotopic (exact) mass is 509 g/mol. The van der Waals surface area contributed by atoms with Gasteiger partial charge in [0.2, 0.25) is 0 Å². The van der Waals surface area contributed by atoms with Crippen molar-refractivity contribution in [2.75, 3.05) is 20.2 Å². The predicted molar refractivity (Wildman–Crippen MR) is 139 cm³/mol. The molecule has 2 aromatic rings. The van der Waals surface area contributed by atoms with E-state index < -0.39 is 17.5 Å². The summed E-state index contributed by atoms with van der Waals surface area (Å²) in [6.45, 7) is 1.37. The van der Waals surface area contributed by atoms with Gasteiger partial charge in [-0.05, 0) is 62.9 Å². The van der Waals surface area contributed by atoms with Gasteiger partial charge in [0.05, 0.1) is 6.61 Å². The van der Waals surface area contributed by atoms with Crippen molar-refractivity contribution in [3.05, 3.63) is 71.3 Å². The lowest BCUT2D eigenvalue weighted by atomic mass is 9.53. The number of rotatable bonds is 10. The van der Waals surface area contributed by atoms with Crippen molar-refractivity contribution in [2.24, 2.45) is 5.92 Å². The Morgan fingerprint density at radius 3 is 2.81 bits per heavy atom. The summed E-state index contributed by atoms with van der Waals surface area (Å²) < 4.78 is 30.6. The number of hydrogen-bond acceptors (Lipinski definition) is 6. The van der Waals surface area contributed by atoms with Crippen molar-refractivity contribution in [1.82, 2.24) is 4.90 Å². The van der Waals surface area contributed by atoms with E-state index in [9.17, 15) is 9.32 Å². The van der Waals surface area contributed by atoms with Crippen LogP contribution in [-0.2, 0) is 38.0 Å². The van der Waals surface area contributed by atoms with Gasteiger partial charge in [0.25, 0.3) is 0 Å². The third kappa shape index (κ3) is 4.10. The highest BCUT2D eigenvalue weighted by molar-refractivity contribution is 7.75. The molecule has 0 amide bonds. The molecule has 2 bridgehead atoms. The predicted octanol–water partition coefficient (Wildman–Crippen LogP) is 4.62. The van der Waals surface area contributed by atoms with Crippen LogP contribution < -0.4 is 4.74 Å². The number of nitrogens with zero attached hydrogens (tertiary/aromatic N) is 1. The van der Waals surface area contributed by atoms with Crippen molar-refractivity contribution in [3.63, 3.8) is 0 Å². The fourth-order valence-electron chi connectivity index (χ4n) is 6.98. The molecule has 2 aliphatic heterocycles. The summed E-state index contributed by atoms with van der Waals surface area (Å²) in [5, 5.41) is 10.6. The van der Waals surface area contributed by atoms with Gasteiger partial charge in [-0.2, -0.15) is 4.21 Å². The van der Waals surface area contributed by atoms with Crippen molar-refractivity contribution in [3.8, 4) is 11.5 Å². The number of benzene rings is 2. The Balaban J connectivity index is 1.06. The van der Waals surface area contributed by atoms with E-state index in [4.69, 9.17) is 13.1 Å². The van der Waals surface area contributed by atoms with Crippen LogP contribution in [-0.4, -0.2) is 52.7 Å². The summed E-state index contributed by atoms with van der Waals surface area (Å²) in [7, 11) is 2.19. The Morgan fingerprint density at radius 2 is 1.94 bits per heavy atom. The highest BCUT2D eigenvalue weighted by atomic mass is 32.2. The average Bonchev–Trinajstić information content (AvgIpc) is 3.24. The van der Waals surface area contributed by atoms with E-state index in [0.717, 1.165) is 57.1 Å². The summed E-state index contributed by atoms with van der Waals surface area (Å²) >= 11 is -1.86. The third-order valence-electron chi connectivity index (χ3n) is 8.70. The van der Waals surface area contributed by atoms with E-state index in [1.54, 1.807) is 6.07 Å². The molecule has 1 fully saturated rings. The van der Waals surface area contributed by atoms with Gasteiger partial charge in [-0.1, -0.05) is 61.4 Å². The molecule has 4 aliphatic rings. The van der Waals surface area contributed by atoms with E-state index in [1.165, 1.54) is 11.1 Å². The summed E-state index contributed by atoms with van der Waals surface area (Å²) in [5.41, 5.74) is 3.50. The summed E-state index contributed by atoms with van der Waals surface area (Å²) in [5.74, 6) is 1.05. The molecule has 6 rings (SSSR count). The second-order valence-electron chi connectivity index (χ2n) is 10.7. The minimum absolute atomic E-state index is 0.178. The highest BCUT2D eigenvalue weighted by Crippen LogP contribution is 2.62. The summed E-state index contributed by atoms with van der Waals surface area (Å²) in [4.78, 5) is 2.44. The fraction of sp³-hybridized carbons (Fsp3) is 0.517. The molecule has 2 aliphatic carbocycles. The van der Waals surface area contributed by atoms with Crippen LogP contribution in [0.3, 0.4) is 0 Å². The lowest BCUT2D eigenvalue weighted by Crippen LogP contribution is -2.65. The van der Waals surface area contributed by atoms with Gasteiger partial charge in [0.1, 0.15) is 12.2 Å². The van der Waals surface area contributed by atoms with Crippen molar-refractivity contribution >= 4 is 11.4 Å². The molecule has 0 saturated carbocycles. The Hall–Kier alpha value is -2.19. The van der Waals surface area contributed by atoms with Crippen molar-refractivity contribution in [1.29, 1.82) is 0 Å². The topological polar surface area (TPSA) is 68.2 Å². The van der Waals surface area contributed by atoms with Gasteiger partial charge < -0.3 is 14.7 Å². The number of phenolic OH excluding ortho intramolecular Hbond substituents is 1. The first-order valence-electron chi connectivity index (χ1n) is 13.2. The molecule has 2 heterocycles. The third-order valence-corrected chi connectivity index (χ3v) is 9.44. The molecule has 192 valence electrons. The minimum Gasteiger partial charge on any atom is -0.504 e. The molecule has 1 N–H and O–H groups in total. The molecule has 6 unspecified atom stereocenters. The molecule has 6 nitrogen and oxygen atoms in total. The molecule has 0 radical (unpaired) electrons. The molecular formula is C29H35NO5S. The second kappa shape index (κ2) is 9.93. The van der Waals surface area contributed by atoms with Crippen LogP contribution in [0.1, 0.15) is 48.8 Å². The number of unbranched alkanes of at least 4 members (excludes halogenated alkanes) is 3. The van der Waals surface area contributed by atoms with Crippen LogP contribution in [0.5, 0.6) is 11.5 Å². The van der Waals surface area contributed by atoms with Crippen LogP contribution in [0.4, 0.5) is 0 Å². The first-order valence-corrected chi connectivity index (χ1v) is 14.2. The Bertz CT molecular complexity index is 1150. The van der Waals surface area contributed by atoms with Crippen LogP contribution >= 0.6 is 0 Å². The normalized spacial score (nSPS) is 30.6. The Kier molecular flexibility index (Phi) is 6.67. The minimum atomic E-state index is -1.86. The molecule has 6 atom stereocenters. The number of likely N-dealkylation sites (N-methyl/N-ethyl adjacent to an activating group) is 1. The number of hydrogen-bond donors (Lipinski definition) is 1. The number of phenols is 1. The standard InChI is InChI=1S/C29H35NO5S/c1-30-17-16-29-22-13-15-25(28(29)34-27-24(31)14-12-21(26(27)29)19-23(22)30)35-36(32)33-18-8-3-2-5-9-20-10-6-4-7-11-20/h4,6-7,10-15,22-23,25,28,31H,2-3,5,8-9,16-19H2,1H3. The average molecular weight is 510 g/mol. The first-order chi connectivity index (χ1) is 17.6. The lowest BCUT2D eigenvalue weighted by molar-refractivity contribution is -0.0378. The Morgan fingerprint density at radius 1 is 1.11 bits per heavy atom. The molecule has 1 saturated heterocycles. The SMILES string of the molecule is CN1CCC23c4c5ccc(O)c4OC2C(OS(=O)OCCCCCCc2ccccc2)C=CC3C1C5. The van der Waals surface area contributed by atoms with Crippen molar-refractivity contribution < 1.29 is 22.4 Å². The zero-order chi connectivity index (χ0) is 24.7. The quantitative estimate of drug-likeness (QED) is 0.372. The van der Waals surface area contributed by atoms with Crippen LogP contribution in [0, 0.1) is 5.92 Å². The number of aryl methyl sites for hydroxylation is 1. The van der Waals surface area contributed by atoms with Crippen molar-refractivity contribution in [2.45, 2.75) is 68.6 Å². The number of aromatic hydroxyl groups is 1. The summed E-state index contributed by atoms with van der Waals surface area (Å²) in [6, 6.07) is 14.7.